The number of halogens is 1. The van der Waals surface area contributed by atoms with Crippen LogP contribution in [0.4, 0.5) is 11.4 Å². The van der Waals surface area contributed by atoms with E-state index in [1.54, 1.807) is 48.5 Å². The Kier molecular flexibility index (Phi) is 5.69. The van der Waals surface area contributed by atoms with E-state index in [9.17, 15) is 13.2 Å². The molecular weight excluding hydrogens is 352 g/mol. The first-order valence-corrected chi connectivity index (χ1v) is 9.19. The van der Waals surface area contributed by atoms with Crippen molar-refractivity contribution in [3.8, 4) is 5.75 Å². The monoisotopic (exact) mass is 368 g/mol. The number of amides is 1. The zero-order chi connectivity index (χ0) is 17.7. The lowest BCUT2D eigenvalue weighted by atomic mass is 10.3. The van der Waals surface area contributed by atoms with Gasteiger partial charge in [-0.15, -0.1) is 0 Å². The van der Waals surface area contributed by atoms with Crippen molar-refractivity contribution in [1.29, 1.82) is 0 Å². The Hall–Kier alpha value is -2.25. The van der Waals surface area contributed by atoms with Crippen LogP contribution in [0.25, 0.3) is 0 Å². The van der Waals surface area contributed by atoms with Gasteiger partial charge in [0.25, 0.3) is 0 Å². The summed E-state index contributed by atoms with van der Waals surface area (Å²) < 4.78 is 30.1. The van der Waals surface area contributed by atoms with Crippen molar-refractivity contribution in [1.82, 2.24) is 0 Å². The number of sulfonamides is 1. The number of nitrogens with one attached hydrogen (secondary N) is 1. The van der Waals surface area contributed by atoms with Crippen molar-refractivity contribution in [2.24, 2.45) is 0 Å². The first-order chi connectivity index (χ1) is 11.3. The van der Waals surface area contributed by atoms with Crippen LogP contribution in [-0.2, 0) is 14.8 Å². The molecule has 6 nitrogen and oxygen atoms in total. The topological polar surface area (TPSA) is 75.7 Å². The van der Waals surface area contributed by atoms with Crippen LogP contribution >= 0.6 is 11.6 Å². The minimum absolute atomic E-state index is 0.339. The Balaban J connectivity index is 2.16. The van der Waals surface area contributed by atoms with Crippen LogP contribution < -0.4 is 14.4 Å². The summed E-state index contributed by atoms with van der Waals surface area (Å²) in [5, 5.41) is 3.18. The predicted molar refractivity (Wildman–Crippen MR) is 95.3 cm³/mol. The molecule has 0 fully saturated rings. The van der Waals surface area contributed by atoms with Gasteiger partial charge >= 0.3 is 0 Å². The molecule has 0 atom stereocenters. The summed E-state index contributed by atoms with van der Waals surface area (Å²) in [6.07, 6.45) is 1.05. The minimum Gasteiger partial charge on any atom is -0.497 e. The fourth-order valence-corrected chi connectivity index (χ4v) is 3.00. The van der Waals surface area contributed by atoms with E-state index < -0.39 is 15.9 Å². The molecule has 8 heteroatoms. The fourth-order valence-electron chi connectivity index (χ4n) is 2.01. The Labute approximate surface area is 146 Å². The second-order valence-electron chi connectivity index (χ2n) is 5.02. The van der Waals surface area contributed by atoms with E-state index in [2.05, 4.69) is 5.32 Å². The third kappa shape index (κ3) is 4.87. The highest BCUT2D eigenvalue weighted by Crippen LogP contribution is 2.21. The first kappa shape index (κ1) is 18.1. The minimum atomic E-state index is -3.62. The summed E-state index contributed by atoms with van der Waals surface area (Å²) in [5.41, 5.74) is 0.914. The first-order valence-electron chi connectivity index (χ1n) is 6.97. The molecule has 2 rings (SSSR count). The number of methoxy groups -OCH3 is 1. The smallest absolute Gasteiger partial charge is 0.245 e. The maximum absolute atomic E-state index is 12.2. The molecule has 1 N–H and O–H groups in total. The Morgan fingerprint density at radius 1 is 1.12 bits per heavy atom. The van der Waals surface area contributed by atoms with Crippen LogP contribution in [-0.4, -0.2) is 34.2 Å². The molecule has 0 saturated carbocycles. The highest BCUT2D eigenvalue weighted by molar-refractivity contribution is 7.92. The van der Waals surface area contributed by atoms with Crippen LogP contribution in [0.15, 0.2) is 48.5 Å². The number of benzene rings is 2. The van der Waals surface area contributed by atoms with Gasteiger partial charge in [-0.1, -0.05) is 11.6 Å². The normalized spacial score (nSPS) is 11.0. The van der Waals surface area contributed by atoms with Gasteiger partial charge in [-0.25, -0.2) is 8.42 Å². The van der Waals surface area contributed by atoms with Crippen molar-refractivity contribution in [3.63, 3.8) is 0 Å². The zero-order valence-electron chi connectivity index (χ0n) is 13.2. The summed E-state index contributed by atoms with van der Waals surface area (Å²) in [6.45, 7) is -0.339. The van der Waals surface area contributed by atoms with Gasteiger partial charge in [-0.2, -0.15) is 0 Å². The average molecular weight is 369 g/mol. The van der Waals surface area contributed by atoms with Crippen LogP contribution in [0.3, 0.4) is 0 Å². The summed E-state index contributed by atoms with van der Waals surface area (Å²) in [5.74, 6) is 0.136. The van der Waals surface area contributed by atoms with Gasteiger partial charge in [-0.3, -0.25) is 9.10 Å². The lowest BCUT2D eigenvalue weighted by Gasteiger charge is -2.22. The van der Waals surface area contributed by atoms with Gasteiger partial charge < -0.3 is 10.1 Å². The Bertz CT molecular complexity index is 805. The standard InChI is InChI=1S/C16H17ClN2O4S/c1-23-15-9-7-14(8-10-15)19(24(2,21)22)11-16(20)18-13-5-3-12(17)4-6-13/h3-10H,11H2,1-2H3,(H,18,20). The van der Waals surface area contributed by atoms with E-state index >= 15 is 0 Å². The van der Waals surface area contributed by atoms with Crippen molar-refractivity contribution in [2.75, 3.05) is 29.5 Å². The van der Waals surface area contributed by atoms with Crippen molar-refractivity contribution in [2.45, 2.75) is 0 Å². The largest absolute Gasteiger partial charge is 0.497 e. The number of nitrogens with zero attached hydrogens (tertiary/aromatic N) is 1. The molecule has 0 bridgehead atoms. The molecular formula is C16H17ClN2O4S. The maximum Gasteiger partial charge on any atom is 0.245 e. The lowest BCUT2D eigenvalue weighted by Crippen LogP contribution is -2.37. The molecule has 0 aliphatic heterocycles. The summed E-state index contributed by atoms with van der Waals surface area (Å²) in [7, 11) is -2.10. The maximum atomic E-state index is 12.2. The van der Waals surface area contributed by atoms with Gasteiger partial charge in [0.05, 0.1) is 19.1 Å². The van der Waals surface area contributed by atoms with E-state index in [1.165, 1.54) is 7.11 Å². The number of hydrogen-bond acceptors (Lipinski definition) is 4. The summed E-state index contributed by atoms with van der Waals surface area (Å²) in [4.78, 5) is 12.2. The molecule has 2 aromatic rings. The molecule has 0 aromatic heterocycles. The molecule has 24 heavy (non-hydrogen) atoms. The number of rotatable bonds is 6. The van der Waals surface area contributed by atoms with E-state index in [0.29, 0.717) is 22.1 Å². The highest BCUT2D eigenvalue weighted by Gasteiger charge is 2.21. The summed E-state index contributed by atoms with van der Waals surface area (Å²) >= 11 is 5.79. The third-order valence-electron chi connectivity index (χ3n) is 3.18. The molecule has 128 valence electrons. The molecule has 0 heterocycles. The van der Waals surface area contributed by atoms with Crippen LogP contribution in [0.1, 0.15) is 0 Å². The van der Waals surface area contributed by atoms with Crippen LogP contribution in [0, 0.1) is 0 Å². The second kappa shape index (κ2) is 7.55. The highest BCUT2D eigenvalue weighted by atomic mass is 35.5. The third-order valence-corrected chi connectivity index (χ3v) is 4.57. The molecule has 0 aliphatic rings. The summed E-state index contributed by atoms with van der Waals surface area (Å²) in [6, 6.07) is 13.0. The van der Waals surface area contributed by atoms with Gasteiger partial charge in [0.2, 0.25) is 15.9 Å². The number of hydrogen-bond donors (Lipinski definition) is 1. The molecule has 0 unspecified atom stereocenters. The van der Waals surface area contributed by atoms with Gasteiger partial charge in [0, 0.05) is 10.7 Å². The quantitative estimate of drug-likeness (QED) is 0.850. The SMILES string of the molecule is COc1ccc(N(CC(=O)Nc2ccc(Cl)cc2)S(C)(=O)=O)cc1. The zero-order valence-corrected chi connectivity index (χ0v) is 14.8. The van der Waals surface area contributed by atoms with Crippen LogP contribution in [0.5, 0.6) is 5.75 Å². The number of anilines is 2. The molecule has 0 saturated heterocycles. The average Bonchev–Trinajstić information content (AvgIpc) is 2.54. The van der Waals surface area contributed by atoms with Crippen molar-refractivity contribution >= 4 is 38.9 Å². The van der Waals surface area contributed by atoms with Crippen LogP contribution in [0.2, 0.25) is 5.02 Å². The Morgan fingerprint density at radius 3 is 2.21 bits per heavy atom. The van der Waals surface area contributed by atoms with E-state index in [4.69, 9.17) is 16.3 Å². The van der Waals surface area contributed by atoms with Crippen molar-refractivity contribution in [3.05, 3.63) is 53.6 Å². The fraction of sp³-hybridized carbons (Fsp3) is 0.188. The second-order valence-corrected chi connectivity index (χ2v) is 7.37. The van der Waals surface area contributed by atoms with Gasteiger partial charge in [0.1, 0.15) is 12.3 Å². The number of ether oxygens (including phenoxy) is 1. The predicted octanol–water partition coefficient (Wildman–Crippen LogP) is 2.75. The van der Waals surface area contributed by atoms with E-state index in [-0.39, 0.29) is 6.54 Å². The van der Waals surface area contributed by atoms with Gasteiger partial charge in [0.15, 0.2) is 0 Å². The van der Waals surface area contributed by atoms with Crippen molar-refractivity contribution < 1.29 is 17.9 Å². The molecule has 2 aromatic carbocycles. The molecule has 0 spiro atoms. The lowest BCUT2D eigenvalue weighted by molar-refractivity contribution is -0.114. The molecule has 0 aliphatic carbocycles. The Morgan fingerprint density at radius 2 is 1.71 bits per heavy atom. The molecule has 0 radical (unpaired) electrons. The number of carbonyl (C=O) groups excluding carboxylic acids is 1. The van der Waals surface area contributed by atoms with E-state index in [1.807, 2.05) is 0 Å². The molecule has 1 amide bonds. The number of carbonyl (C=O) groups is 1. The van der Waals surface area contributed by atoms with Gasteiger partial charge in [-0.05, 0) is 48.5 Å². The van der Waals surface area contributed by atoms with E-state index in [0.717, 1.165) is 10.6 Å².